The first-order chi connectivity index (χ1) is 13.7. The van der Waals surface area contributed by atoms with E-state index in [-0.39, 0.29) is 23.1 Å². The molecular formula is C20H22BrNO6S. The van der Waals surface area contributed by atoms with Crippen molar-refractivity contribution in [3.05, 3.63) is 52.0 Å². The average molecular weight is 484 g/mol. The van der Waals surface area contributed by atoms with Gasteiger partial charge in [0.2, 0.25) is 10.0 Å². The molecule has 0 saturated carbocycles. The van der Waals surface area contributed by atoms with Gasteiger partial charge in [-0.15, -0.1) is 0 Å². The summed E-state index contributed by atoms with van der Waals surface area (Å²) in [4.78, 5) is 12.5. The van der Waals surface area contributed by atoms with E-state index in [0.717, 1.165) is 4.47 Å². The van der Waals surface area contributed by atoms with Crippen molar-refractivity contribution in [3.63, 3.8) is 0 Å². The highest BCUT2D eigenvalue weighted by Crippen LogP contribution is 2.35. The lowest BCUT2D eigenvalue weighted by molar-refractivity contribution is 0.0471. The second-order valence-corrected chi connectivity index (χ2v) is 9.66. The maximum Gasteiger partial charge on any atom is 0.338 e. The van der Waals surface area contributed by atoms with Crippen molar-refractivity contribution < 1.29 is 27.4 Å². The van der Waals surface area contributed by atoms with Gasteiger partial charge in [0.1, 0.15) is 19.8 Å². The van der Waals surface area contributed by atoms with E-state index in [4.69, 9.17) is 14.2 Å². The molecule has 1 heterocycles. The molecule has 0 spiro atoms. The molecule has 7 nitrogen and oxygen atoms in total. The molecule has 1 aliphatic heterocycles. The molecule has 0 aromatic heterocycles. The fourth-order valence-corrected chi connectivity index (χ4v) is 4.52. The molecule has 2 aromatic rings. The molecule has 0 radical (unpaired) electrons. The minimum Gasteiger partial charge on any atom is -0.486 e. The van der Waals surface area contributed by atoms with Crippen LogP contribution in [0.1, 0.15) is 29.8 Å². The number of halogens is 1. The summed E-state index contributed by atoms with van der Waals surface area (Å²) in [5.74, 6) is 0.608. The van der Waals surface area contributed by atoms with Gasteiger partial charge in [-0.2, -0.15) is 4.31 Å². The molecule has 3 rings (SSSR count). The summed E-state index contributed by atoms with van der Waals surface area (Å²) < 4.78 is 43.7. The Hall–Kier alpha value is -2.10. The van der Waals surface area contributed by atoms with E-state index in [1.54, 1.807) is 26.0 Å². The Morgan fingerprint density at radius 2 is 1.83 bits per heavy atom. The number of esters is 1. The molecule has 0 fully saturated rings. The molecular weight excluding hydrogens is 462 g/mol. The molecule has 9 heteroatoms. The van der Waals surface area contributed by atoms with E-state index in [0.29, 0.717) is 30.3 Å². The summed E-state index contributed by atoms with van der Waals surface area (Å²) >= 11 is 3.44. The first-order valence-electron chi connectivity index (χ1n) is 9.03. The predicted octanol–water partition coefficient (Wildman–Crippen LogP) is 3.61. The maximum atomic E-state index is 12.7. The van der Waals surface area contributed by atoms with Crippen LogP contribution in [0.5, 0.6) is 11.5 Å². The van der Waals surface area contributed by atoms with E-state index in [1.165, 1.54) is 35.6 Å². The second-order valence-electron chi connectivity index (χ2n) is 6.81. The first-order valence-corrected chi connectivity index (χ1v) is 11.3. The number of sulfonamides is 1. The van der Waals surface area contributed by atoms with Crippen molar-refractivity contribution in [1.82, 2.24) is 4.31 Å². The van der Waals surface area contributed by atoms with Gasteiger partial charge in [-0.05, 0) is 44.2 Å². The Morgan fingerprint density at radius 1 is 1.17 bits per heavy atom. The Bertz CT molecular complexity index is 1020. The number of hydrogen-bond donors (Lipinski definition) is 0. The number of benzene rings is 2. The van der Waals surface area contributed by atoms with Gasteiger partial charge in [-0.3, -0.25) is 0 Å². The van der Waals surface area contributed by atoms with Crippen LogP contribution in [0.4, 0.5) is 0 Å². The molecule has 0 saturated heterocycles. The molecule has 0 atom stereocenters. The largest absolute Gasteiger partial charge is 0.486 e. The van der Waals surface area contributed by atoms with Gasteiger partial charge < -0.3 is 14.2 Å². The van der Waals surface area contributed by atoms with Crippen LogP contribution in [0.2, 0.25) is 0 Å². The van der Waals surface area contributed by atoms with E-state index in [9.17, 15) is 13.2 Å². The van der Waals surface area contributed by atoms with Crippen LogP contribution in [-0.4, -0.2) is 45.0 Å². The highest BCUT2D eigenvalue weighted by molar-refractivity contribution is 9.10. The molecule has 0 N–H and O–H groups in total. The Kier molecular flexibility index (Phi) is 6.50. The summed E-state index contributed by atoms with van der Waals surface area (Å²) in [5, 5.41) is 0. The third-order valence-corrected chi connectivity index (χ3v) is 7.31. The Morgan fingerprint density at radius 3 is 2.48 bits per heavy atom. The molecule has 29 heavy (non-hydrogen) atoms. The third-order valence-electron chi connectivity index (χ3n) is 4.54. The number of fused-ring (bicyclic) bond motifs is 1. The van der Waals surface area contributed by atoms with Crippen LogP contribution in [0.15, 0.2) is 45.8 Å². The van der Waals surface area contributed by atoms with Crippen molar-refractivity contribution in [2.75, 3.05) is 20.3 Å². The van der Waals surface area contributed by atoms with Gasteiger partial charge in [0.05, 0.1) is 10.5 Å². The molecule has 1 aliphatic rings. The van der Waals surface area contributed by atoms with Gasteiger partial charge in [-0.25, -0.2) is 13.2 Å². The van der Waals surface area contributed by atoms with Crippen molar-refractivity contribution in [2.45, 2.75) is 31.4 Å². The van der Waals surface area contributed by atoms with Gasteiger partial charge in [0.15, 0.2) is 11.5 Å². The van der Waals surface area contributed by atoms with Crippen molar-refractivity contribution >= 4 is 31.9 Å². The number of nitrogens with zero attached hydrogens (tertiary/aromatic N) is 1. The van der Waals surface area contributed by atoms with Crippen molar-refractivity contribution in [3.8, 4) is 11.5 Å². The fraction of sp³-hybridized carbons (Fsp3) is 0.350. The lowest BCUT2D eigenvalue weighted by Gasteiger charge is -2.21. The number of rotatable bonds is 6. The van der Waals surface area contributed by atoms with Gasteiger partial charge >= 0.3 is 5.97 Å². The van der Waals surface area contributed by atoms with Gasteiger partial charge in [0.25, 0.3) is 0 Å². The monoisotopic (exact) mass is 483 g/mol. The summed E-state index contributed by atoms with van der Waals surface area (Å²) in [6.07, 6.45) is 0. The van der Waals surface area contributed by atoms with Crippen LogP contribution in [0, 0.1) is 0 Å². The summed E-state index contributed by atoms with van der Waals surface area (Å²) in [5.41, 5.74) is 0.878. The smallest absolute Gasteiger partial charge is 0.338 e. The zero-order chi connectivity index (χ0) is 21.2. The topological polar surface area (TPSA) is 82.1 Å². The first kappa shape index (κ1) is 21.6. The minimum atomic E-state index is -3.69. The third kappa shape index (κ3) is 4.73. The van der Waals surface area contributed by atoms with Crippen molar-refractivity contribution in [2.24, 2.45) is 0 Å². The van der Waals surface area contributed by atoms with E-state index < -0.39 is 16.0 Å². The van der Waals surface area contributed by atoms with Crippen LogP contribution in [0.25, 0.3) is 0 Å². The Labute approximate surface area is 178 Å². The zero-order valence-corrected chi connectivity index (χ0v) is 18.7. The Balaban J connectivity index is 1.75. The lowest BCUT2D eigenvalue weighted by atomic mass is 10.2. The summed E-state index contributed by atoms with van der Waals surface area (Å²) in [7, 11) is -2.19. The van der Waals surface area contributed by atoms with Crippen molar-refractivity contribution in [1.29, 1.82) is 0 Å². The molecule has 156 valence electrons. The highest BCUT2D eigenvalue weighted by Gasteiger charge is 2.24. The molecule has 0 bridgehead atoms. The second kappa shape index (κ2) is 8.73. The average Bonchev–Trinajstić information content (AvgIpc) is 2.71. The van der Waals surface area contributed by atoms with Gasteiger partial charge in [-0.1, -0.05) is 22.0 Å². The SMILES string of the molecule is CC(C)N(C)S(=O)(=O)c1cccc(C(=O)OCc2cc3c(cc2Br)OCCO3)c1. The normalized spacial score (nSPS) is 13.6. The molecule has 0 aliphatic carbocycles. The van der Waals surface area contributed by atoms with Crippen LogP contribution in [0.3, 0.4) is 0 Å². The molecule has 0 unspecified atom stereocenters. The number of ether oxygens (including phenoxy) is 3. The number of carbonyl (C=O) groups is 1. The summed E-state index contributed by atoms with van der Waals surface area (Å²) in [6, 6.07) is 9.16. The van der Waals surface area contributed by atoms with Crippen LogP contribution >= 0.6 is 15.9 Å². The van der Waals surface area contributed by atoms with Crippen LogP contribution in [-0.2, 0) is 21.4 Å². The van der Waals surface area contributed by atoms with E-state index in [1.807, 2.05) is 0 Å². The maximum absolute atomic E-state index is 12.7. The van der Waals surface area contributed by atoms with Crippen LogP contribution < -0.4 is 9.47 Å². The lowest BCUT2D eigenvalue weighted by Crippen LogP contribution is -2.33. The zero-order valence-electron chi connectivity index (χ0n) is 16.3. The van der Waals surface area contributed by atoms with Gasteiger partial charge in [0, 0.05) is 23.1 Å². The van der Waals surface area contributed by atoms with E-state index in [2.05, 4.69) is 15.9 Å². The standard InChI is InChI=1S/C20H22BrNO6S/c1-13(2)22(3)29(24,25)16-6-4-5-14(9-16)20(23)28-12-15-10-18-19(11-17(15)21)27-8-7-26-18/h4-6,9-11,13H,7-8,12H2,1-3H3. The fourth-order valence-electron chi connectivity index (χ4n) is 2.67. The highest BCUT2D eigenvalue weighted by atomic mass is 79.9. The molecule has 2 aromatic carbocycles. The predicted molar refractivity (Wildman–Crippen MR) is 111 cm³/mol. The quantitative estimate of drug-likeness (QED) is 0.583. The van der Waals surface area contributed by atoms with E-state index >= 15 is 0 Å². The molecule has 0 amide bonds. The number of carbonyl (C=O) groups excluding carboxylic acids is 1. The number of hydrogen-bond acceptors (Lipinski definition) is 6. The summed E-state index contributed by atoms with van der Waals surface area (Å²) in [6.45, 7) is 4.50. The minimum absolute atomic E-state index is 0.00106.